The number of rotatable bonds is 7. The molecule has 4 aromatic rings. The fraction of sp³-hybridized carbons (Fsp3) is 0.259. The summed E-state index contributed by atoms with van der Waals surface area (Å²) in [6, 6.07) is 24.6. The minimum absolute atomic E-state index is 0.178. The SMILES string of the molecule is O=C(Cc1sc(-c2ccccc2)nc1-c1cccs1)N1CCC(OCc2ccccc2)CC1. The number of carbonyl (C=O) groups excluding carboxylic acids is 1. The van der Waals surface area contributed by atoms with Crippen molar-refractivity contribution >= 4 is 28.6 Å². The van der Waals surface area contributed by atoms with Crippen molar-refractivity contribution in [3.8, 4) is 21.1 Å². The molecule has 3 heterocycles. The van der Waals surface area contributed by atoms with Crippen molar-refractivity contribution in [3.05, 3.63) is 88.6 Å². The second-order valence-corrected chi connectivity index (χ2v) is 10.2. The maximum Gasteiger partial charge on any atom is 0.227 e. The Hall–Kier alpha value is -2.80. The van der Waals surface area contributed by atoms with Gasteiger partial charge in [0.1, 0.15) is 5.01 Å². The first-order valence-electron chi connectivity index (χ1n) is 11.3. The van der Waals surface area contributed by atoms with Crippen molar-refractivity contribution in [3.63, 3.8) is 0 Å². The average molecular weight is 475 g/mol. The molecule has 6 heteroatoms. The second kappa shape index (κ2) is 10.4. The number of carbonyl (C=O) groups is 1. The van der Waals surface area contributed by atoms with Crippen molar-refractivity contribution < 1.29 is 9.53 Å². The van der Waals surface area contributed by atoms with E-state index in [0.717, 1.165) is 52.0 Å². The van der Waals surface area contributed by atoms with Crippen molar-refractivity contribution in [2.24, 2.45) is 0 Å². The highest BCUT2D eigenvalue weighted by Gasteiger charge is 2.25. The molecule has 33 heavy (non-hydrogen) atoms. The summed E-state index contributed by atoms with van der Waals surface area (Å²) >= 11 is 3.30. The number of amides is 1. The van der Waals surface area contributed by atoms with Gasteiger partial charge < -0.3 is 9.64 Å². The van der Waals surface area contributed by atoms with E-state index in [2.05, 4.69) is 35.7 Å². The summed E-state index contributed by atoms with van der Waals surface area (Å²) in [6.07, 6.45) is 2.37. The number of aromatic nitrogens is 1. The van der Waals surface area contributed by atoms with Crippen molar-refractivity contribution in [2.45, 2.75) is 32.0 Å². The van der Waals surface area contributed by atoms with Gasteiger partial charge in [0.05, 0.1) is 29.7 Å². The van der Waals surface area contributed by atoms with Crippen molar-refractivity contribution in [1.82, 2.24) is 9.88 Å². The summed E-state index contributed by atoms with van der Waals surface area (Å²) in [5.74, 6) is 0.178. The minimum Gasteiger partial charge on any atom is -0.373 e. The number of hydrogen-bond acceptors (Lipinski definition) is 5. The van der Waals surface area contributed by atoms with Crippen LogP contribution in [0.3, 0.4) is 0 Å². The van der Waals surface area contributed by atoms with E-state index < -0.39 is 0 Å². The maximum atomic E-state index is 13.2. The number of ether oxygens (including phenoxy) is 1. The van der Waals surface area contributed by atoms with Gasteiger partial charge in [0.2, 0.25) is 5.91 Å². The molecule has 0 saturated carbocycles. The Labute approximate surface area is 202 Å². The first-order chi connectivity index (χ1) is 16.3. The lowest BCUT2D eigenvalue weighted by atomic mass is 10.1. The third-order valence-electron chi connectivity index (χ3n) is 5.91. The molecule has 1 amide bonds. The molecule has 5 rings (SSSR count). The second-order valence-electron chi connectivity index (χ2n) is 8.19. The molecule has 4 nitrogen and oxygen atoms in total. The minimum atomic E-state index is 0.178. The highest BCUT2D eigenvalue weighted by molar-refractivity contribution is 7.17. The van der Waals surface area contributed by atoms with Crippen LogP contribution in [0.1, 0.15) is 23.3 Å². The summed E-state index contributed by atoms with van der Waals surface area (Å²) in [5.41, 5.74) is 3.23. The predicted molar refractivity (Wildman–Crippen MR) is 135 cm³/mol. The predicted octanol–water partition coefficient (Wildman–Crippen LogP) is 6.29. The Kier molecular flexibility index (Phi) is 6.95. The Morgan fingerprint density at radius 1 is 0.970 bits per heavy atom. The maximum absolute atomic E-state index is 13.2. The van der Waals surface area contributed by atoms with Crippen molar-refractivity contribution in [1.29, 1.82) is 0 Å². The summed E-state index contributed by atoms with van der Waals surface area (Å²) in [7, 11) is 0. The Morgan fingerprint density at radius 3 is 2.39 bits per heavy atom. The summed E-state index contributed by atoms with van der Waals surface area (Å²) in [4.78, 5) is 22.3. The fourth-order valence-electron chi connectivity index (χ4n) is 4.09. The molecule has 0 radical (unpaired) electrons. The monoisotopic (exact) mass is 474 g/mol. The molecule has 1 aliphatic rings. The molecule has 2 aromatic carbocycles. The number of thiophene rings is 1. The van der Waals surface area contributed by atoms with E-state index in [-0.39, 0.29) is 12.0 Å². The van der Waals surface area contributed by atoms with Crippen LogP contribution >= 0.6 is 22.7 Å². The van der Waals surface area contributed by atoms with E-state index in [0.29, 0.717) is 13.0 Å². The third kappa shape index (κ3) is 5.41. The van der Waals surface area contributed by atoms with Crippen LogP contribution in [0.25, 0.3) is 21.1 Å². The number of likely N-dealkylation sites (tertiary alicyclic amines) is 1. The van der Waals surface area contributed by atoms with Gasteiger partial charge in [-0.25, -0.2) is 4.98 Å². The zero-order chi connectivity index (χ0) is 22.5. The smallest absolute Gasteiger partial charge is 0.227 e. The van der Waals surface area contributed by atoms with Crippen LogP contribution in [0.15, 0.2) is 78.2 Å². The standard InChI is InChI=1S/C27H26N2O2S2/c30-25(29-15-13-22(14-16-29)31-19-20-8-3-1-4-9-20)18-24-26(23-12-7-17-32-23)28-27(33-24)21-10-5-2-6-11-21/h1-12,17,22H,13-16,18-19H2. The van der Waals surface area contributed by atoms with Gasteiger partial charge in [-0.1, -0.05) is 66.7 Å². The number of nitrogens with zero attached hydrogens (tertiary/aromatic N) is 2. The summed E-state index contributed by atoms with van der Waals surface area (Å²) in [6.45, 7) is 2.13. The molecule has 0 unspecified atom stereocenters. The molecule has 0 atom stereocenters. The molecular weight excluding hydrogens is 448 g/mol. The van der Waals surface area contributed by atoms with Crippen LogP contribution in [0.2, 0.25) is 0 Å². The van der Waals surface area contributed by atoms with E-state index in [9.17, 15) is 4.79 Å². The van der Waals surface area contributed by atoms with Crippen LogP contribution in [0, 0.1) is 0 Å². The molecule has 0 N–H and O–H groups in total. The molecule has 1 aliphatic heterocycles. The first kappa shape index (κ1) is 22.0. The van der Waals surface area contributed by atoms with Gasteiger partial charge in [-0.05, 0) is 29.9 Å². The highest BCUT2D eigenvalue weighted by atomic mass is 32.1. The molecule has 1 saturated heterocycles. The van der Waals surface area contributed by atoms with E-state index >= 15 is 0 Å². The van der Waals surface area contributed by atoms with Gasteiger partial charge in [0.15, 0.2) is 0 Å². The largest absolute Gasteiger partial charge is 0.373 e. The Balaban J connectivity index is 1.23. The van der Waals surface area contributed by atoms with E-state index in [1.54, 1.807) is 22.7 Å². The molecule has 0 spiro atoms. The summed E-state index contributed by atoms with van der Waals surface area (Å²) < 4.78 is 6.09. The molecule has 0 bridgehead atoms. The van der Waals surface area contributed by atoms with E-state index in [1.807, 2.05) is 47.4 Å². The third-order valence-corrected chi connectivity index (χ3v) is 7.89. The molecular formula is C27H26N2O2S2. The average Bonchev–Trinajstić information content (AvgIpc) is 3.54. The lowest BCUT2D eigenvalue weighted by Gasteiger charge is -2.32. The van der Waals surface area contributed by atoms with Gasteiger partial charge in [-0.15, -0.1) is 22.7 Å². The molecule has 1 fully saturated rings. The van der Waals surface area contributed by atoms with Gasteiger partial charge in [-0.2, -0.15) is 0 Å². The molecule has 168 valence electrons. The van der Waals surface area contributed by atoms with Crippen LogP contribution in [0.5, 0.6) is 0 Å². The quantitative estimate of drug-likeness (QED) is 0.316. The lowest BCUT2D eigenvalue weighted by Crippen LogP contribution is -2.41. The first-order valence-corrected chi connectivity index (χ1v) is 13.0. The van der Waals surface area contributed by atoms with Crippen LogP contribution in [0.4, 0.5) is 0 Å². The normalized spacial score (nSPS) is 14.5. The highest BCUT2D eigenvalue weighted by Crippen LogP contribution is 2.36. The van der Waals surface area contributed by atoms with Gasteiger partial charge in [0, 0.05) is 23.5 Å². The van der Waals surface area contributed by atoms with Crippen LogP contribution < -0.4 is 0 Å². The Morgan fingerprint density at radius 2 is 1.70 bits per heavy atom. The van der Waals surface area contributed by atoms with Crippen molar-refractivity contribution in [2.75, 3.05) is 13.1 Å². The van der Waals surface area contributed by atoms with Gasteiger partial charge in [-0.3, -0.25) is 4.79 Å². The fourth-order valence-corrected chi connectivity index (χ4v) is 5.97. The zero-order valence-electron chi connectivity index (χ0n) is 18.4. The Bertz CT molecular complexity index is 1170. The number of hydrogen-bond donors (Lipinski definition) is 0. The zero-order valence-corrected chi connectivity index (χ0v) is 20.0. The van der Waals surface area contributed by atoms with E-state index in [1.165, 1.54) is 5.56 Å². The molecule has 2 aromatic heterocycles. The lowest BCUT2D eigenvalue weighted by molar-refractivity contribution is -0.133. The van der Waals surface area contributed by atoms with Crippen LogP contribution in [-0.2, 0) is 22.6 Å². The van der Waals surface area contributed by atoms with Gasteiger partial charge >= 0.3 is 0 Å². The topological polar surface area (TPSA) is 42.4 Å². The number of piperidine rings is 1. The van der Waals surface area contributed by atoms with E-state index in [4.69, 9.17) is 9.72 Å². The van der Waals surface area contributed by atoms with Gasteiger partial charge in [0.25, 0.3) is 0 Å². The van der Waals surface area contributed by atoms with Crippen LogP contribution in [-0.4, -0.2) is 35.0 Å². The summed E-state index contributed by atoms with van der Waals surface area (Å²) in [5, 5.41) is 3.03. The molecule has 0 aliphatic carbocycles. The number of thiazole rings is 1. The number of benzene rings is 2.